The first-order valence-corrected chi connectivity index (χ1v) is 33.5. The third kappa shape index (κ3) is 31.3. The fourth-order valence-corrected chi connectivity index (χ4v) is 10.4. The van der Waals surface area contributed by atoms with Crippen LogP contribution in [0.25, 0.3) is 0 Å². The Labute approximate surface area is 567 Å². The zero-order chi connectivity index (χ0) is 74.1. The molecule has 1 aliphatic heterocycles. The molecule has 34 nitrogen and oxygen atoms in total. The summed E-state index contributed by atoms with van der Waals surface area (Å²) in [5.41, 5.74) is 22.6. The first kappa shape index (κ1) is 86.9. The van der Waals surface area contributed by atoms with Gasteiger partial charge in [-0.2, -0.15) is 0 Å². The van der Waals surface area contributed by atoms with Crippen LogP contribution in [0.2, 0.25) is 0 Å². The van der Waals surface area contributed by atoms with Crippen LogP contribution in [0.5, 0.6) is 0 Å². The number of amides is 13. The van der Waals surface area contributed by atoms with E-state index in [4.69, 9.17) is 28.0 Å². The molecule has 13 amide bonds. The second-order valence-corrected chi connectivity index (χ2v) is 26.2. The molecule has 34 heteroatoms. The van der Waals surface area contributed by atoms with Gasteiger partial charge in [-0.1, -0.05) is 61.8 Å². The number of hydrogen-bond donors (Lipinski definition) is 18. The molecule has 0 aliphatic carbocycles. The maximum Gasteiger partial charge on any atom is 0.303 e. The summed E-state index contributed by atoms with van der Waals surface area (Å²) in [6, 6.07) is -17.2. The predicted octanol–water partition coefficient (Wildman–Crippen LogP) is -3.65. The number of rotatable bonds is 46. The Hall–Kier alpha value is -8.11. The Bertz CT molecular complexity index is 2680. The van der Waals surface area contributed by atoms with Crippen LogP contribution in [0, 0.1) is 23.7 Å². The lowest BCUT2D eigenvalue weighted by atomic mass is 9.96. The molecule has 22 N–H and O–H groups in total. The number of aliphatic hydroxyl groups excluding tert-OH is 1. The molecule has 0 bridgehead atoms. The van der Waals surface area contributed by atoms with Crippen LogP contribution >= 0.6 is 0 Å². The van der Waals surface area contributed by atoms with Crippen molar-refractivity contribution in [3.8, 4) is 0 Å². The molecule has 0 aromatic heterocycles. The van der Waals surface area contributed by atoms with E-state index in [0.29, 0.717) is 25.7 Å². The number of aliphatic hydroxyl groups is 1. The van der Waals surface area contributed by atoms with Crippen molar-refractivity contribution in [2.75, 3.05) is 19.6 Å². The van der Waals surface area contributed by atoms with Gasteiger partial charge in [-0.3, -0.25) is 71.9 Å². The zero-order valence-electron chi connectivity index (χ0n) is 58.3. The molecule has 0 aromatic carbocycles. The molecule has 15 atom stereocenters. The minimum absolute atomic E-state index is 0.00591. The Kier molecular flexibility index (Phi) is 39.4. The lowest BCUT2D eigenvalue weighted by molar-refractivity contribution is -0.142. The first-order chi connectivity index (χ1) is 45.3. The normalized spacial score (nSPS) is 17.3. The third-order valence-corrected chi connectivity index (χ3v) is 16.3. The molecule has 1 fully saturated rings. The van der Waals surface area contributed by atoms with E-state index in [-0.39, 0.29) is 82.8 Å². The van der Waals surface area contributed by atoms with Gasteiger partial charge in [0.25, 0.3) is 0 Å². The highest BCUT2D eigenvalue weighted by Gasteiger charge is 2.41. The molecular formula is C63H112N16O18. The topological polar surface area (TPSA) is 556 Å². The largest absolute Gasteiger partial charge is 0.481 e. The molecule has 0 radical (unpaired) electrons. The maximum atomic E-state index is 14.5. The van der Waals surface area contributed by atoms with Gasteiger partial charge in [0.15, 0.2) is 0 Å². The van der Waals surface area contributed by atoms with Crippen molar-refractivity contribution in [1.82, 2.24) is 63.4 Å². The van der Waals surface area contributed by atoms with Crippen molar-refractivity contribution < 1.29 is 87.2 Å². The van der Waals surface area contributed by atoms with Gasteiger partial charge >= 0.3 is 11.9 Å². The Morgan fingerprint density at radius 2 is 0.845 bits per heavy atom. The van der Waals surface area contributed by atoms with Gasteiger partial charge in [0.2, 0.25) is 76.8 Å². The number of hydrogen-bond acceptors (Lipinski definition) is 19. The number of carbonyl (C=O) groups is 15. The number of primary amides is 1. The molecule has 1 saturated heterocycles. The molecule has 1 heterocycles. The molecule has 552 valence electrons. The highest BCUT2D eigenvalue weighted by atomic mass is 16.4. The molecule has 0 spiro atoms. The van der Waals surface area contributed by atoms with Crippen LogP contribution in [0.4, 0.5) is 0 Å². The number of carbonyl (C=O) groups excluding carboxylic acids is 13. The summed E-state index contributed by atoms with van der Waals surface area (Å²) < 4.78 is 0. The van der Waals surface area contributed by atoms with Crippen molar-refractivity contribution >= 4 is 88.7 Å². The van der Waals surface area contributed by atoms with Gasteiger partial charge in [-0.25, -0.2) is 0 Å². The zero-order valence-corrected chi connectivity index (χ0v) is 58.3. The van der Waals surface area contributed by atoms with Crippen LogP contribution < -0.4 is 81.4 Å². The number of unbranched alkanes of at least 4 members (excludes halogenated alkanes) is 2. The van der Waals surface area contributed by atoms with Crippen LogP contribution in [0.15, 0.2) is 0 Å². The maximum absolute atomic E-state index is 14.5. The highest BCUT2D eigenvalue weighted by molar-refractivity contribution is 6.00. The number of aliphatic carboxylic acids is 2. The standard InChI is InChI=1S/C63H112N16O18/c1-13-34(8)49(61(95)69-37(11)63(97)79-28-18-21-45(79)59(93)76-48(33(6)7)60(94)68-36(10)53(87)70-39(51(67)85)22-24-46(81)82)77-58(92)44(30-32(4)5)74-55(89)41(20-15-17-27-65)71-56(90)42(23-25-47(83)84)73-54(88)40(19-14-16-26-64)72-57(91)43(29-31(2)3)75-62(96)50(38(12)80)78-52(86)35(9)66/h31-45,48-50,80H,13-30,64-66H2,1-12H3,(H2,67,85)(H,68,94)(H,69,95)(H,70,87)(H,71,90)(H,72,91)(H,73,88)(H,74,89)(H,75,96)(H,76,93)(H,77,92)(H,78,86)(H,81,82)(H,83,84)/t34-,35-,36-,37-,38+,39-,40-,41-,42-,43-,44-,45-,48-,49-,50-/m0/s1. The van der Waals surface area contributed by atoms with Gasteiger partial charge in [0.1, 0.15) is 72.5 Å². The monoisotopic (exact) mass is 1380 g/mol. The van der Waals surface area contributed by atoms with E-state index < -0.39 is 204 Å². The second kappa shape index (κ2) is 43.9. The molecule has 0 saturated carbocycles. The van der Waals surface area contributed by atoms with Crippen molar-refractivity contribution in [3.05, 3.63) is 0 Å². The highest BCUT2D eigenvalue weighted by Crippen LogP contribution is 2.21. The number of carboxylic acids is 2. The van der Waals surface area contributed by atoms with Crippen molar-refractivity contribution in [3.63, 3.8) is 0 Å². The van der Waals surface area contributed by atoms with Crippen LogP contribution in [0.3, 0.4) is 0 Å². The lowest BCUT2D eigenvalue weighted by Crippen LogP contribution is -2.61. The SMILES string of the molecule is CC[C@H](C)[C@H](NC(=O)[C@H](CC(C)C)NC(=O)[C@H](CCCCN)NC(=O)[C@H](CCC(=O)O)NC(=O)[C@H](CCCCN)NC(=O)[C@H](CC(C)C)NC(=O)[C@@H](NC(=O)[C@H](C)N)[C@@H](C)O)C(=O)N[C@@H](C)C(=O)N1CCC[C@H]1C(=O)N[C@H](C(=O)N[C@@H](C)C(=O)N[C@@H](CCC(=O)O)C(N)=O)C(C)C. The van der Waals surface area contributed by atoms with Crippen molar-refractivity contribution in [1.29, 1.82) is 0 Å². The number of nitrogens with one attached hydrogen (secondary N) is 11. The summed E-state index contributed by atoms with van der Waals surface area (Å²) >= 11 is 0. The Balaban J connectivity index is 3.49. The average molecular weight is 1380 g/mol. The van der Waals surface area contributed by atoms with Gasteiger partial charge in [-0.15, -0.1) is 0 Å². The summed E-state index contributed by atoms with van der Waals surface area (Å²) in [5, 5.41) is 57.4. The summed E-state index contributed by atoms with van der Waals surface area (Å²) in [6.45, 7) is 19.5. The van der Waals surface area contributed by atoms with E-state index in [1.165, 1.54) is 32.6 Å². The lowest BCUT2D eigenvalue weighted by Gasteiger charge is -2.31. The fourth-order valence-electron chi connectivity index (χ4n) is 10.4. The number of carboxylic acid groups (broad SMARTS) is 2. The number of likely N-dealkylation sites (tertiary alicyclic amines) is 1. The van der Waals surface area contributed by atoms with E-state index in [1.807, 2.05) is 0 Å². The molecule has 0 unspecified atom stereocenters. The third-order valence-electron chi connectivity index (χ3n) is 16.3. The molecule has 1 rings (SSSR count). The Morgan fingerprint density at radius 3 is 1.27 bits per heavy atom. The second-order valence-electron chi connectivity index (χ2n) is 26.2. The quantitative estimate of drug-likeness (QED) is 0.0261. The van der Waals surface area contributed by atoms with E-state index in [2.05, 4.69) is 58.5 Å². The van der Waals surface area contributed by atoms with E-state index >= 15 is 0 Å². The Morgan fingerprint density at radius 1 is 0.454 bits per heavy atom. The summed E-state index contributed by atoms with van der Waals surface area (Å²) in [5.74, 6) is -15.1. The molecule has 1 aliphatic rings. The molecule has 97 heavy (non-hydrogen) atoms. The predicted molar refractivity (Wildman–Crippen MR) is 355 cm³/mol. The van der Waals surface area contributed by atoms with Crippen LogP contribution in [0.1, 0.15) is 179 Å². The van der Waals surface area contributed by atoms with Gasteiger partial charge in [0, 0.05) is 19.4 Å². The van der Waals surface area contributed by atoms with Gasteiger partial charge < -0.3 is 102 Å². The van der Waals surface area contributed by atoms with Gasteiger partial charge in [0.05, 0.1) is 12.1 Å². The van der Waals surface area contributed by atoms with Crippen LogP contribution in [-0.4, -0.2) is 213 Å². The minimum atomic E-state index is -1.64. The van der Waals surface area contributed by atoms with E-state index in [0.717, 1.165) is 0 Å². The van der Waals surface area contributed by atoms with Crippen molar-refractivity contribution in [2.24, 2.45) is 46.6 Å². The van der Waals surface area contributed by atoms with E-state index in [1.54, 1.807) is 55.4 Å². The smallest absolute Gasteiger partial charge is 0.303 e. The minimum Gasteiger partial charge on any atom is -0.481 e. The van der Waals surface area contributed by atoms with E-state index in [9.17, 15) is 82.1 Å². The van der Waals surface area contributed by atoms with Gasteiger partial charge in [-0.05, 0) is 142 Å². The summed E-state index contributed by atoms with van der Waals surface area (Å²) in [6.07, 6.45) is -1.25. The molecular weight excluding hydrogens is 1270 g/mol. The first-order valence-electron chi connectivity index (χ1n) is 33.5. The average Bonchev–Trinajstić information content (AvgIpc) is 1.76. The number of nitrogens with zero attached hydrogens (tertiary/aromatic N) is 1. The fraction of sp³-hybridized carbons (Fsp3) is 0.762. The molecule has 0 aromatic rings. The van der Waals surface area contributed by atoms with Crippen LogP contribution in [-0.2, 0) is 71.9 Å². The van der Waals surface area contributed by atoms with Crippen molar-refractivity contribution in [2.45, 2.75) is 264 Å². The number of nitrogens with two attached hydrogens (primary N) is 4. The summed E-state index contributed by atoms with van der Waals surface area (Å²) in [4.78, 5) is 203. The summed E-state index contributed by atoms with van der Waals surface area (Å²) in [7, 11) is 0.